The summed E-state index contributed by atoms with van der Waals surface area (Å²) < 4.78 is 0. The lowest BCUT2D eigenvalue weighted by atomic mass is 10.9. The Morgan fingerprint density at radius 3 is 2.29 bits per heavy atom. The van der Waals surface area contributed by atoms with Crippen LogP contribution in [0.15, 0.2) is 0 Å². The van der Waals surface area contributed by atoms with Gasteiger partial charge in [-0.15, -0.1) is 0 Å². The number of primary amides is 1. The molecule has 0 atom stereocenters. The van der Waals surface area contributed by atoms with Crippen LogP contribution in [-0.4, -0.2) is 10.3 Å². The molecule has 0 heterocycles. The van der Waals surface area contributed by atoms with Gasteiger partial charge in [-0.2, -0.15) is 0 Å². The summed E-state index contributed by atoms with van der Waals surface area (Å²) in [5.41, 5.74) is 4.68. The molecule has 0 bridgehead atoms. The van der Waals surface area contributed by atoms with Crippen LogP contribution in [0.5, 0.6) is 0 Å². The maximum atomic E-state index is 9.85. The second-order valence-corrected chi connectivity index (χ2v) is 2.20. The SMILES string of the molecule is CC(=N)SC(N)=O. The molecule has 40 valence electrons. The summed E-state index contributed by atoms with van der Waals surface area (Å²) >= 11 is 0.731. The number of hydrogen-bond donors (Lipinski definition) is 2. The topological polar surface area (TPSA) is 66.9 Å². The summed E-state index contributed by atoms with van der Waals surface area (Å²) in [6, 6.07) is 0. The first-order valence-corrected chi connectivity index (χ1v) is 2.47. The molecule has 0 radical (unpaired) electrons. The van der Waals surface area contributed by atoms with E-state index in [-0.39, 0.29) is 5.04 Å². The van der Waals surface area contributed by atoms with E-state index < -0.39 is 5.24 Å². The molecule has 0 saturated heterocycles. The molecule has 0 unspecified atom stereocenters. The minimum Gasteiger partial charge on any atom is -0.360 e. The maximum absolute atomic E-state index is 9.85. The lowest BCUT2D eigenvalue weighted by Gasteiger charge is -1.85. The first-order chi connectivity index (χ1) is 3.13. The van der Waals surface area contributed by atoms with Crippen molar-refractivity contribution in [3.8, 4) is 0 Å². The fourth-order valence-electron chi connectivity index (χ4n) is 0.151. The van der Waals surface area contributed by atoms with Crippen molar-refractivity contribution in [1.82, 2.24) is 0 Å². The predicted octanol–water partition coefficient (Wildman–Crippen LogP) is 0.795. The molecule has 0 aromatic rings. The van der Waals surface area contributed by atoms with Crippen LogP contribution in [0.4, 0.5) is 4.79 Å². The molecule has 0 rings (SSSR count). The molecular weight excluding hydrogens is 112 g/mol. The van der Waals surface area contributed by atoms with Gasteiger partial charge in [-0.1, -0.05) is 0 Å². The second kappa shape index (κ2) is 2.63. The molecule has 0 aliphatic carbocycles. The number of nitrogens with one attached hydrogen (secondary N) is 1. The first-order valence-electron chi connectivity index (χ1n) is 1.65. The van der Waals surface area contributed by atoms with Crippen molar-refractivity contribution in [2.24, 2.45) is 5.73 Å². The van der Waals surface area contributed by atoms with E-state index in [0.717, 1.165) is 11.8 Å². The van der Waals surface area contributed by atoms with Crippen molar-refractivity contribution in [2.75, 3.05) is 0 Å². The quantitative estimate of drug-likeness (QED) is 0.365. The highest BCUT2D eigenvalue weighted by Crippen LogP contribution is 1.98. The summed E-state index contributed by atoms with van der Waals surface area (Å²) in [6.45, 7) is 1.51. The zero-order chi connectivity index (χ0) is 5.86. The Kier molecular flexibility index (Phi) is 2.44. The third kappa shape index (κ3) is 5.49. The third-order valence-corrected chi connectivity index (χ3v) is 0.761. The molecule has 4 heteroatoms. The van der Waals surface area contributed by atoms with Crippen molar-refractivity contribution in [1.29, 1.82) is 5.41 Å². The van der Waals surface area contributed by atoms with Crippen LogP contribution in [0.1, 0.15) is 6.92 Å². The van der Waals surface area contributed by atoms with Gasteiger partial charge in [0.05, 0.1) is 5.04 Å². The van der Waals surface area contributed by atoms with Crippen LogP contribution >= 0.6 is 11.8 Å². The van der Waals surface area contributed by atoms with Crippen LogP contribution < -0.4 is 5.73 Å². The standard InChI is InChI=1S/C3H6N2OS/c1-2(4)7-3(5)6/h4H,1H3,(H2,5,6). The van der Waals surface area contributed by atoms with E-state index in [9.17, 15) is 4.79 Å². The summed E-state index contributed by atoms with van der Waals surface area (Å²) in [4.78, 5) is 9.85. The molecule has 0 aliphatic heterocycles. The summed E-state index contributed by atoms with van der Waals surface area (Å²) in [5, 5.41) is 6.40. The van der Waals surface area contributed by atoms with Crippen LogP contribution in [-0.2, 0) is 0 Å². The van der Waals surface area contributed by atoms with Gasteiger partial charge in [0.25, 0.3) is 5.24 Å². The molecule has 0 aromatic heterocycles. The third-order valence-electron chi connectivity index (χ3n) is 0.254. The normalized spacial score (nSPS) is 8.14. The number of rotatable bonds is 0. The Hall–Kier alpha value is -0.510. The largest absolute Gasteiger partial charge is 0.360 e. The van der Waals surface area contributed by atoms with Crippen molar-refractivity contribution in [3.05, 3.63) is 0 Å². The lowest BCUT2D eigenvalue weighted by molar-refractivity contribution is 0.267. The fraction of sp³-hybridized carbons (Fsp3) is 0.333. The molecule has 7 heavy (non-hydrogen) atoms. The highest BCUT2D eigenvalue weighted by atomic mass is 32.2. The molecule has 1 amide bonds. The summed E-state index contributed by atoms with van der Waals surface area (Å²) in [7, 11) is 0. The van der Waals surface area contributed by atoms with Crippen molar-refractivity contribution < 1.29 is 4.79 Å². The average molecular weight is 118 g/mol. The Morgan fingerprint density at radius 2 is 2.29 bits per heavy atom. The van der Waals surface area contributed by atoms with Crippen LogP contribution in [0.25, 0.3) is 0 Å². The Labute approximate surface area is 45.8 Å². The van der Waals surface area contributed by atoms with Gasteiger partial charge in [-0.05, 0) is 18.7 Å². The molecule has 0 saturated carbocycles. The van der Waals surface area contributed by atoms with E-state index in [1.165, 1.54) is 6.92 Å². The van der Waals surface area contributed by atoms with Crippen molar-refractivity contribution >= 4 is 22.0 Å². The summed E-state index contributed by atoms with van der Waals surface area (Å²) in [5.74, 6) is 0. The number of hydrogen-bond acceptors (Lipinski definition) is 3. The van der Waals surface area contributed by atoms with Crippen LogP contribution in [0, 0.1) is 5.41 Å². The van der Waals surface area contributed by atoms with Gasteiger partial charge in [0, 0.05) is 0 Å². The highest BCUT2D eigenvalue weighted by molar-refractivity contribution is 8.26. The maximum Gasteiger partial charge on any atom is 0.282 e. The van der Waals surface area contributed by atoms with Gasteiger partial charge < -0.3 is 5.73 Å². The monoisotopic (exact) mass is 118 g/mol. The fourth-order valence-corrected chi connectivity index (χ4v) is 0.453. The highest BCUT2D eigenvalue weighted by Gasteiger charge is 1.92. The molecular formula is C3H6N2OS. The van der Waals surface area contributed by atoms with Crippen LogP contribution in [0.3, 0.4) is 0 Å². The van der Waals surface area contributed by atoms with E-state index in [2.05, 4.69) is 5.73 Å². The number of carbonyl (C=O) groups is 1. The van der Waals surface area contributed by atoms with Crippen molar-refractivity contribution in [2.45, 2.75) is 6.92 Å². The lowest BCUT2D eigenvalue weighted by Crippen LogP contribution is -2.03. The molecule has 3 N–H and O–H groups in total. The second-order valence-electron chi connectivity index (χ2n) is 0.977. The molecule has 0 aliphatic rings. The van der Waals surface area contributed by atoms with E-state index in [4.69, 9.17) is 5.41 Å². The van der Waals surface area contributed by atoms with E-state index in [1.54, 1.807) is 0 Å². The summed E-state index contributed by atoms with van der Waals surface area (Å²) in [6.07, 6.45) is 0. The van der Waals surface area contributed by atoms with Gasteiger partial charge in [0.1, 0.15) is 0 Å². The van der Waals surface area contributed by atoms with E-state index in [1.807, 2.05) is 0 Å². The smallest absolute Gasteiger partial charge is 0.282 e. The van der Waals surface area contributed by atoms with E-state index >= 15 is 0 Å². The van der Waals surface area contributed by atoms with Gasteiger partial charge in [-0.3, -0.25) is 10.2 Å². The minimum atomic E-state index is -0.521. The molecule has 0 spiro atoms. The zero-order valence-electron chi connectivity index (χ0n) is 3.89. The molecule has 0 aromatic carbocycles. The van der Waals surface area contributed by atoms with Gasteiger partial charge in [0.2, 0.25) is 0 Å². The van der Waals surface area contributed by atoms with Crippen LogP contribution in [0.2, 0.25) is 0 Å². The number of thioether (sulfide) groups is 1. The minimum absolute atomic E-state index is 0.229. The first kappa shape index (κ1) is 6.49. The predicted molar refractivity (Wildman–Crippen MR) is 30.6 cm³/mol. The van der Waals surface area contributed by atoms with Gasteiger partial charge >= 0.3 is 0 Å². The number of carbonyl (C=O) groups excluding carboxylic acids is 1. The Balaban J connectivity index is 3.32. The van der Waals surface area contributed by atoms with Gasteiger partial charge in [0.15, 0.2) is 0 Å². The van der Waals surface area contributed by atoms with E-state index in [0.29, 0.717) is 0 Å². The number of amides is 1. The molecule has 0 fully saturated rings. The number of nitrogens with two attached hydrogens (primary N) is 1. The zero-order valence-corrected chi connectivity index (χ0v) is 4.71. The van der Waals surface area contributed by atoms with Crippen molar-refractivity contribution in [3.63, 3.8) is 0 Å². The Bertz CT molecular complexity index is 89.1. The van der Waals surface area contributed by atoms with Gasteiger partial charge in [-0.25, -0.2) is 0 Å². The Morgan fingerprint density at radius 1 is 1.86 bits per heavy atom. The molecule has 3 nitrogen and oxygen atoms in total. The average Bonchev–Trinajstić information content (AvgIpc) is 1.27.